The van der Waals surface area contributed by atoms with Crippen LogP contribution in [0.1, 0.15) is 70.3 Å². The normalized spacial score (nSPS) is 12.4. The SMILES string of the molecule is CCCCCCCCCC/C=C/Cc1coc([Si](C)(C)C)c1. The number of hydrogen-bond acceptors (Lipinski definition) is 1. The van der Waals surface area contributed by atoms with Gasteiger partial charge in [0.05, 0.1) is 11.6 Å². The molecule has 0 amide bonds. The molecule has 0 aliphatic heterocycles. The van der Waals surface area contributed by atoms with Crippen LogP contribution in [0.4, 0.5) is 0 Å². The van der Waals surface area contributed by atoms with Crippen LogP contribution in [-0.4, -0.2) is 8.07 Å². The average Bonchev–Trinajstić information content (AvgIpc) is 2.94. The van der Waals surface area contributed by atoms with Crippen LogP contribution in [0, 0.1) is 0 Å². The predicted molar refractivity (Wildman–Crippen MR) is 102 cm³/mol. The third kappa shape index (κ3) is 8.62. The molecule has 0 N–H and O–H groups in total. The molecular weight excluding hydrogens is 284 g/mol. The van der Waals surface area contributed by atoms with Crippen molar-refractivity contribution in [1.82, 2.24) is 0 Å². The van der Waals surface area contributed by atoms with Crippen LogP contribution in [0.25, 0.3) is 0 Å². The van der Waals surface area contributed by atoms with Crippen molar-refractivity contribution in [2.45, 2.75) is 90.8 Å². The first-order chi connectivity index (χ1) is 10.5. The lowest BCUT2D eigenvalue weighted by molar-refractivity contribution is 0.577. The van der Waals surface area contributed by atoms with Gasteiger partial charge in [0.15, 0.2) is 0 Å². The Balaban J connectivity index is 2.04. The molecule has 0 fully saturated rings. The molecule has 22 heavy (non-hydrogen) atoms. The van der Waals surface area contributed by atoms with E-state index >= 15 is 0 Å². The fraction of sp³-hybridized carbons (Fsp3) is 0.700. The smallest absolute Gasteiger partial charge is 0.123 e. The van der Waals surface area contributed by atoms with Crippen molar-refractivity contribution in [2.24, 2.45) is 0 Å². The third-order valence-corrected chi connectivity index (χ3v) is 5.88. The largest absolute Gasteiger partial charge is 0.474 e. The number of hydrogen-bond donors (Lipinski definition) is 0. The van der Waals surface area contributed by atoms with E-state index in [1.807, 2.05) is 6.26 Å². The minimum atomic E-state index is -1.29. The van der Waals surface area contributed by atoms with E-state index in [0.717, 1.165) is 6.42 Å². The molecule has 2 heteroatoms. The molecule has 126 valence electrons. The summed E-state index contributed by atoms with van der Waals surface area (Å²) in [4.78, 5) is 0. The van der Waals surface area contributed by atoms with E-state index < -0.39 is 8.07 Å². The van der Waals surface area contributed by atoms with Gasteiger partial charge in [0.2, 0.25) is 0 Å². The molecule has 1 heterocycles. The van der Waals surface area contributed by atoms with Crippen LogP contribution >= 0.6 is 0 Å². The van der Waals surface area contributed by atoms with Crippen molar-refractivity contribution in [3.05, 3.63) is 30.0 Å². The summed E-state index contributed by atoms with van der Waals surface area (Å²) in [5.74, 6) is 0. The second kappa shape index (κ2) is 10.9. The van der Waals surface area contributed by atoms with Gasteiger partial charge in [-0.1, -0.05) is 83.7 Å². The van der Waals surface area contributed by atoms with Crippen LogP contribution in [0.15, 0.2) is 28.9 Å². The monoisotopic (exact) mass is 320 g/mol. The molecule has 0 bridgehead atoms. The Labute approximate surface area is 139 Å². The quantitative estimate of drug-likeness (QED) is 0.245. The van der Waals surface area contributed by atoms with Crippen molar-refractivity contribution in [2.75, 3.05) is 0 Å². The zero-order valence-corrected chi connectivity index (χ0v) is 16.3. The lowest BCUT2D eigenvalue weighted by Crippen LogP contribution is -2.36. The highest BCUT2D eigenvalue weighted by Gasteiger charge is 2.20. The van der Waals surface area contributed by atoms with Gasteiger partial charge in [0, 0.05) is 0 Å². The van der Waals surface area contributed by atoms with Gasteiger partial charge in [0.1, 0.15) is 8.07 Å². The van der Waals surface area contributed by atoms with E-state index in [2.05, 4.69) is 44.8 Å². The van der Waals surface area contributed by atoms with E-state index in [4.69, 9.17) is 4.42 Å². The van der Waals surface area contributed by atoms with E-state index in [-0.39, 0.29) is 0 Å². The lowest BCUT2D eigenvalue weighted by atomic mass is 10.1. The topological polar surface area (TPSA) is 13.1 Å². The van der Waals surface area contributed by atoms with Gasteiger partial charge >= 0.3 is 0 Å². The summed E-state index contributed by atoms with van der Waals surface area (Å²) >= 11 is 0. The van der Waals surface area contributed by atoms with Gasteiger partial charge in [-0.3, -0.25) is 0 Å². The second-order valence-electron chi connectivity index (χ2n) is 7.51. The van der Waals surface area contributed by atoms with Crippen LogP contribution < -0.4 is 5.38 Å². The lowest BCUT2D eigenvalue weighted by Gasteiger charge is -2.10. The van der Waals surface area contributed by atoms with Gasteiger partial charge in [0.25, 0.3) is 0 Å². The van der Waals surface area contributed by atoms with Gasteiger partial charge in [-0.05, 0) is 30.9 Å². The summed E-state index contributed by atoms with van der Waals surface area (Å²) in [5, 5.41) is 1.22. The maximum Gasteiger partial charge on any atom is 0.123 e. The fourth-order valence-electron chi connectivity index (χ4n) is 2.61. The molecule has 0 saturated heterocycles. The first-order valence-corrected chi connectivity index (χ1v) is 12.8. The van der Waals surface area contributed by atoms with Gasteiger partial charge in [-0.25, -0.2) is 0 Å². The molecule has 0 saturated carbocycles. The summed E-state index contributed by atoms with van der Waals surface area (Å²) in [5.41, 5.74) is 1.32. The number of rotatable bonds is 12. The zero-order valence-electron chi connectivity index (χ0n) is 15.3. The van der Waals surface area contributed by atoms with Crippen molar-refractivity contribution in [1.29, 1.82) is 0 Å². The molecule has 0 unspecified atom stereocenters. The van der Waals surface area contributed by atoms with Crippen molar-refractivity contribution in [3.8, 4) is 0 Å². The van der Waals surface area contributed by atoms with Gasteiger partial charge < -0.3 is 4.42 Å². The summed E-state index contributed by atoms with van der Waals surface area (Å²) in [6, 6.07) is 2.26. The van der Waals surface area contributed by atoms with Crippen molar-refractivity contribution < 1.29 is 4.42 Å². The fourth-order valence-corrected chi connectivity index (χ4v) is 3.64. The van der Waals surface area contributed by atoms with Crippen LogP contribution in [0.3, 0.4) is 0 Å². The maximum absolute atomic E-state index is 5.71. The Hall–Kier alpha value is -0.763. The third-order valence-electron chi connectivity index (χ3n) is 4.14. The Bertz CT molecular complexity index is 412. The van der Waals surface area contributed by atoms with Crippen LogP contribution in [0.2, 0.25) is 19.6 Å². The minimum Gasteiger partial charge on any atom is -0.474 e. The highest BCUT2D eigenvalue weighted by Crippen LogP contribution is 2.11. The first-order valence-electron chi connectivity index (χ1n) is 9.27. The highest BCUT2D eigenvalue weighted by molar-refractivity contribution is 6.87. The molecule has 0 atom stereocenters. The number of allylic oxidation sites excluding steroid dienone is 2. The van der Waals surface area contributed by atoms with E-state index in [9.17, 15) is 0 Å². The van der Waals surface area contributed by atoms with Gasteiger partial charge in [-0.2, -0.15) is 0 Å². The van der Waals surface area contributed by atoms with Crippen LogP contribution in [0.5, 0.6) is 0 Å². The second-order valence-corrected chi connectivity index (χ2v) is 12.5. The Morgan fingerprint density at radius 1 is 0.909 bits per heavy atom. The first kappa shape index (κ1) is 19.3. The predicted octanol–water partition coefficient (Wildman–Crippen LogP) is 6.45. The number of unbranched alkanes of at least 4 members (excludes halogenated alkanes) is 8. The molecule has 1 rings (SSSR count). The average molecular weight is 321 g/mol. The molecule has 1 aromatic heterocycles. The molecule has 0 spiro atoms. The standard InChI is InChI=1S/C20H36OSi/c1-5-6-7-8-9-10-11-12-13-14-15-16-19-17-20(21-18-19)22(2,3)4/h14-15,17-18H,5-13,16H2,1-4H3/b15-14+. The van der Waals surface area contributed by atoms with E-state index in [0.29, 0.717) is 0 Å². The molecule has 1 nitrogen and oxygen atoms in total. The van der Waals surface area contributed by atoms with E-state index in [1.165, 1.54) is 68.7 Å². The highest BCUT2D eigenvalue weighted by atomic mass is 28.3. The van der Waals surface area contributed by atoms with Crippen molar-refractivity contribution >= 4 is 13.5 Å². The molecule has 1 aromatic rings. The Morgan fingerprint density at radius 3 is 2.14 bits per heavy atom. The molecular formula is C20H36OSi. The van der Waals surface area contributed by atoms with Crippen LogP contribution in [-0.2, 0) is 6.42 Å². The summed E-state index contributed by atoms with van der Waals surface area (Å²) in [6.45, 7) is 9.26. The zero-order chi connectivity index (χ0) is 16.3. The summed E-state index contributed by atoms with van der Waals surface area (Å²) in [6.07, 6.45) is 20.0. The number of furan rings is 1. The Kier molecular flexibility index (Phi) is 9.54. The Morgan fingerprint density at radius 2 is 1.55 bits per heavy atom. The van der Waals surface area contributed by atoms with Gasteiger partial charge in [-0.15, -0.1) is 0 Å². The maximum atomic E-state index is 5.71. The molecule has 0 radical (unpaired) electrons. The molecule has 0 aliphatic carbocycles. The van der Waals surface area contributed by atoms with Crippen molar-refractivity contribution in [3.63, 3.8) is 0 Å². The molecule has 0 aliphatic rings. The summed E-state index contributed by atoms with van der Waals surface area (Å²) < 4.78 is 5.71. The minimum absolute atomic E-state index is 1.02. The molecule has 0 aromatic carbocycles. The van der Waals surface area contributed by atoms with E-state index in [1.54, 1.807) is 0 Å². The summed E-state index contributed by atoms with van der Waals surface area (Å²) in [7, 11) is -1.29.